The van der Waals surface area contributed by atoms with Crippen molar-refractivity contribution in [2.24, 2.45) is 17.6 Å². The fourth-order valence-electron chi connectivity index (χ4n) is 6.02. The van der Waals surface area contributed by atoms with Crippen LogP contribution in [0.1, 0.15) is 57.7 Å². The molecule has 12 nitrogen and oxygen atoms in total. The number of pyridine rings is 1. The first-order valence-electron chi connectivity index (χ1n) is 15.9. The number of ether oxygens (including phenoxy) is 1. The van der Waals surface area contributed by atoms with Gasteiger partial charge in [0.25, 0.3) is 0 Å². The largest absolute Gasteiger partial charge is 0.444 e. The molecule has 1 aliphatic carbocycles. The maximum Gasteiger partial charge on any atom is 0.407 e. The zero-order valence-electron chi connectivity index (χ0n) is 27.3. The molecule has 0 bridgehead atoms. The molecule has 2 aromatic heterocycles. The molecule has 2 heterocycles. The first-order valence-corrected chi connectivity index (χ1v) is 15.9. The lowest BCUT2D eigenvalue weighted by Gasteiger charge is -2.36. The van der Waals surface area contributed by atoms with Crippen molar-refractivity contribution in [3.63, 3.8) is 0 Å². The van der Waals surface area contributed by atoms with Gasteiger partial charge >= 0.3 is 6.09 Å². The SMILES string of the molecule is Cc1ncccc1-c1ccc(C[C@@H](C(N)=O)N(C(=O)C2CCC(CNC(=O)OC(C)(C)C)CC2)c2ccc(-c3nn[nH]n3)cc2)cc1. The summed E-state index contributed by atoms with van der Waals surface area (Å²) in [4.78, 5) is 45.6. The van der Waals surface area contributed by atoms with E-state index in [-0.39, 0.29) is 24.2 Å². The van der Waals surface area contributed by atoms with E-state index in [4.69, 9.17) is 10.5 Å². The predicted octanol–water partition coefficient (Wildman–Crippen LogP) is 5.00. The van der Waals surface area contributed by atoms with Crippen LogP contribution in [0.5, 0.6) is 0 Å². The first-order chi connectivity index (χ1) is 22.5. The third-order valence-electron chi connectivity index (χ3n) is 8.46. The van der Waals surface area contributed by atoms with Crippen molar-refractivity contribution < 1.29 is 19.1 Å². The van der Waals surface area contributed by atoms with Crippen LogP contribution >= 0.6 is 0 Å². The number of nitrogens with two attached hydrogens (primary N) is 1. The third-order valence-corrected chi connectivity index (χ3v) is 8.46. The lowest BCUT2D eigenvalue weighted by Crippen LogP contribution is -2.52. The van der Waals surface area contributed by atoms with Crippen molar-refractivity contribution in [1.82, 2.24) is 30.9 Å². The van der Waals surface area contributed by atoms with Crippen molar-refractivity contribution in [2.45, 2.75) is 71.4 Å². The van der Waals surface area contributed by atoms with Crippen molar-refractivity contribution in [3.8, 4) is 22.5 Å². The van der Waals surface area contributed by atoms with Crippen LogP contribution in [0, 0.1) is 18.8 Å². The quantitative estimate of drug-likeness (QED) is 0.218. The average Bonchev–Trinajstić information content (AvgIpc) is 3.59. The highest BCUT2D eigenvalue weighted by Crippen LogP contribution is 2.33. The molecule has 246 valence electrons. The monoisotopic (exact) mass is 638 g/mol. The number of carbonyl (C=O) groups excluding carboxylic acids is 3. The Kier molecular flexibility index (Phi) is 10.3. The van der Waals surface area contributed by atoms with Crippen LogP contribution in [-0.2, 0) is 20.7 Å². The van der Waals surface area contributed by atoms with Crippen LogP contribution in [0.25, 0.3) is 22.5 Å². The Morgan fingerprint density at radius 1 is 1.00 bits per heavy atom. The number of hydrogen-bond acceptors (Lipinski definition) is 8. The number of aryl methyl sites for hydroxylation is 1. The van der Waals surface area contributed by atoms with E-state index in [9.17, 15) is 14.4 Å². The minimum absolute atomic E-state index is 0.151. The summed E-state index contributed by atoms with van der Waals surface area (Å²) in [6.07, 6.45) is 4.33. The van der Waals surface area contributed by atoms with E-state index in [0.717, 1.165) is 35.2 Å². The Bertz CT molecular complexity index is 1660. The fourth-order valence-corrected chi connectivity index (χ4v) is 6.02. The molecule has 0 spiro atoms. The number of H-pyrrole nitrogens is 1. The number of amides is 3. The van der Waals surface area contributed by atoms with E-state index in [0.29, 0.717) is 36.5 Å². The van der Waals surface area contributed by atoms with Crippen molar-refractivity contribution in [1.29, 1.82) is 0 Å². The number of aromatic amines is 1. The van der Waals surface area contributed by atoms with Crippen LogP contribution in [0.4, 0.5) is 10.5 Å². The molecule has 0 unspecified atom stereocenters. The number of hydrogen-bond donors (Lipinski definition) is 3. The topological polar surface area (TPSA) is 169 Å². The number of primary amides is 1. The fraction of sp³-hybridized carbons (Fsp3) is 0.400. The molecule has 4 N–H and O–H groups in total. The van der Waals surface area contributed by atoms with Crippen molar-refractivity contribution in [3.05, 3.63) is 78.1 Å². The van der Waals surface area contributed by atoms with Gasteiger partial charge in [0, 0.05) is 47.6 Å². The molecular weight excluding hydrogens is 596 g/mol. The lowest BCUT2D eigenvalue weighted by molar-refractivity contribution is -0.127. The minimum atomic E-state index is -0.920. The van der Waals surface area contributed by atoms with E-state index >= 15 is 0 Å². The first kappa shape index (κ1) is 33.2. The molecule has 1 aliphatic rings. The molecule has 0 radical (unpaired) electrons. The zero-order valence-corrected chi connectivity index (χ0v) is 27.3. The molecular formula is C35H42N8O4. The van der Waals surface area contributed by atoms with Gasteiger partial charge in [-0.25, -0.2) is 4.79 Å². The highest BCUT2D eigenvalue weighted by Gasteiger charge is 2.36. The maximum atomic E-state index is 14.3. The van der Waals surface area contributed by atoms with Gasteiger partial charge in [0.2, 0.25) is 17.6 Å². The average molecular weight is 639 g/mol. The summed E-state index contributed by atoms with van der Waals surface area (Å²) in [6.45, 7) is 7.92. The second kappa shape index (κ2) is 14.5. The van der Waals surface area contributed by atoms with Crippen LogP contribution in [0.2, 0.25) is 0 Å². The Hall–Kier alpha value is -5.13. The number of nitrogens with zero attached hydrogens (tertiary/aromatic N) is 5. The predicted molar refractivity (Wildman–Crippen MR) is 178 cm³/mol. The summed E-state index contributed by atoms with van der Waals surface area (Å²) < 4.78 is 5.36. The van der Waals surface area contributed by atoms with E-state index in [1.165, 1.54) is 0 Å². The van der Waals surface area contributed by atoms with Crippen LogP contribution in [0.3, 0.4) is 0 Å². The molecule has 3 amide bonds. The third kappa shape index (κ3) is 8.57. The molecule has 4 aromatic rings. The van der Waals surface area contributed by atoms with Gasteiger partial charge < -0.3 is 15.8 Å². The van der Waals surface area contributed by atoms with Gasteiger partial charge in [0.15, 0.2) is 0 Å². The number of anilines is 1. The smallest absolute Gasteiger partial charge is 0.407 e. The number of nitrogens with one attached hydrogen (secondary N) is 2. The zero-order chi connectivity index (χ0) is 33.6. The number of aromatic nitrogens is 5. The molecule has 12 heteroatoms. The summed E-state index contributed by atoms with van der Waals surface area (Å²) in [5.74, 6) is -0.404. The molecule has 2 aromatic carbocycles. The normalized spacial score (nSPS) is 17.0. The van der Waals surface area contributed by atoms with E-state index in [1.54, 1.807) is 35.4 Å². The summed E-state index contributed by atoms with van der Waals surface area (Å²) in [5, 5.41) is 17.0. The van der Waals surface area contributed by atoms with Gasteiger partial charge in [-0.05, 0) is 106 Å². The number of benzene rings is 2. The van der Waals surface area contributed by atoms with Gasteiger partial charge in [-0.2, -0.15) is 5.21 Å². The van der Waals surface area contributed by atoms with E-state index in [1.807, 2.05) is 64.1 Å². The second-order valence-electron chi connectivity index (χ2n) is 13.0. The molecule has 5 rings (SSSR count). The molecule has 1 atom stereocenters. The number of tetrazole rings is 1. The second-order valence-corrected chi connectivity index (χ2v) is 13.0. The number of alkyl carbamates (subject to hydrolysis) is 1. The van der Waals surface area contributed by atoms with E-state index in [2.05, 4.69) is 30.9 Å². The van der Waals surface area contributed by atoms with E-state index < -0.39 is 23.6 Å². The molecule has 47 heavy (non-hydrogen) atoms. The van der Waals surface area contributed by atoms with Gasteiger partial charge in [-0.1, -0.05) is 30.3 Å². The highest BCUT2D eigenvalue weighted by atomic mass is 16.6. The molecule has 0 saturated heterocycles. The minimum Gasteiger partial charge on any atom is -0.444 e. The summed E-state index contributed by atoms with van der Waals surface area (Å²) in [6, 6.07) is 18.1. The summed E-state index contributed by atoms with van der Waals surface area (Å²) in [5.41, 5.74) is 10.6. The Morgan fingerprint density at radius 3 is 2.28 bits per heavy atom. The molecule has 1 saturated carbocycles. The van der Waals surface area contributed by atoms with Crippen LogP contribution in [0.15, 0.2) is 66.9 Å². The van der Waals surface area contributed by atoms with Crippen molar-refractivity contribution >= 4 is 23.6 Å². The maximum absolute atomic E-state index is 14.3. The van der Waals surface area contributed by atoms with Gasteiger partial charge in [0.1, 0.15) is 11.6 Å². The number of carbonyl (C=O) groups is 3. The van der Waals surface area contributed by atoms with Crippen LogP contribution < -0.4 is 16.0 Å². The Labute approximate surface area is 274 Å². The summed E-state index contributed by atoms with van der Waals surface area (Å²) >= 11 is 0. The van der Waals surface area contributed by atoms with Crippen LogP contribution in [-0.4, -0.2) is 61.7 Å². The standard InChI is InChI=1S/C35H42N8O4/c1-22-29(6-5-19-37-22)25-11-7-23(8-12-25)20-30(31(36)44)43(28-17-15-26(16-18-28)32-39-41-42-40-32)33(45)27-13-9-24(10-14-27)21-38-34(46)47-35(2,3)4/h5-8,11-12,15-19,24,27,30H,9-10,13-14,20-21H2,1-4H3,(H2,36,44)(H,38,46)(H,39,40,41,42)/t24?,27?,30-/m0/s1. The Morgan fingerprint density at radius 2 is 1.68 bits per heavy atom. The van der Waals surface area contributed by atoms with Gasteiger partial charge in [-0.15, -0.1) is 10.2 Å². The van der Waals surface area contributed by atoms with Gasteiger partial charge in [-0.3, -0.25) is 19.5 Å². The number of rotatable bonds is 10. The molecule has 1 fully saturated rings. The van der Waals surface area contributed by atoms with Crippen molar-refractivity contribution in [2.75, 3.05) is 11.4 Å². The molecule has 0 aliphatic heterocycles. The lowest BCUT2D eigenvalue weighted by atomic mass is 9.81. The summed E-state index contributed by atoms with van der Waals surface area (Å²) in [7, 11) is 0. The Balaban J connectivity index is 1.35. The van der Waals surface area contributed by atoms with Gasteiger partial charge in [0.05, 0.1) is 0 Å². The highest BCUT2D eigenvalue weighted by molar-refractivity contribution is 6.01.